The maximum atomic E-state index is 10.4. The van der Waals surface area contributed by atoms with Crippen LogP contribution in [0, 0.1) is 0 Å². The Labute approximate surface area is 76.8 Å². The Hall–Kier alpha value is -0.650. The minimum Gasteiger partial charge on any atom is -0.481 e. The summed E-state index contributed by atoms with van der Waals surface area (Å²) in [6, 6.07) is -0.501. The van der Waals surface area contributed by atoms with Crippen LogP contribution in [0.15, 0.2) is 0 Å². The highest BCUT2D eigenvalue weighted by atomic mass is 16.7. The number of nitrogens with two attached hydrogens (primary N) is 1. The largest absolute Gasteiger partial charge is 0.481 e. The summed E-state index contributed by atoms with van der Waals surface area (Å²) in [5.74, 6) is -1.55. The first kappa shape index (κ1) is 10.4. The number of carboxylic acids is 1. The SMILES string of the molecule is CC1(C)OC[C@H]([C@H](N)CC(=O)O)O1. The number of carboxylic acid groups (broad SMARTS) is 1. The van der Waals surface area contributed by atoms with Crippen molar-refractivity contribution in [2.75, 3.05) is 6.61 Å². The summed E-state index contributed by atoms with van der Waals surface area (Å²) < 4.78 is 10.7. The second kappa shape index (κ2) is 3.61. The predicted molar refractivity (Wildman–Crippen MR) is 45.1 cm³/mol. The van der Waals surface area contributed by atoms with E-state index in [1.165, 1.54) is 0 Å². The summed E-state index contributed by atoms with van der Waals surface area (Å²) in [6.07, 6.45) is -0.407. The van der Waals surface area contributed by atoms with E-state index in [4.69, 9.17) is 20.3 Å². The van der Waals surface area contributed by atoms with Crippen LogP contribution < -0.4 is 5.73 Å². The fourth-order valence-electron chi connectivity index (χ4n) is 1.26. The molecule has 5 nitrogen and oxygen atoms in total. The predicted octanol–water partition coefficient (Wildman–Crippen LogP) is -0.0601. The van der Waals surface area contributed by atoms with Gasteiger partial charge in [0.1, 0.15) is 0 Å². The van der Waals surface area contributed by atoms with E-state index >= 15 is 0 Å². The highest BCUT2D eigenvalue weighted by molar-refractivity contribution is 5.67. The zero-order valence-electron chi connectivity index (χ0n) is 7.82. The van der Waals surface area contributed by atoms with Crippen molar-refractivity contribution in [2.24, 2.45) is 5.73 Å². The topological polar surface area (TPSA) is 81.8 Å². The zero-order chi connectivity index (χ0) is 10.1. The molecule has 0 radical (unpaired) electrons. The lowest BCUT2D eigenvalue weighted by Crippen LogP contribution is -2.39. The number of rotatable bonds is 3. The Morgan fingerprint density at radius 3 is 2.77 bits per heavy atom. The lowest BCUT2D eigenvalue weighted by Gasteiger charge is -2.19. The third-order valence-electron chi connectivity index (χ3n) is 1.92. The second-order valence-electron chi connectivity index (χ2n) is 3.63. The molecule has 76 valence electrons. The van der Waals surface area contributed by atoms with E-state index in [2.05, 4.69) is 0 Å². The first-order valence-electron chi connectivity index (χ1n) is 4.20. The standard InChI is InChI=1S/C8H15NO4/c1-8(2)12-4-6(13-8)5(9)3-7(10)11/h5-6H,3-4,9H2,1-2H3,(H,10,11)/t5-,6-/m1/s1. The minimum absolute atomic E-state index is 0.0931. The van der Waals surface area contributed by atoms with Crippen LogP contribution in [-0.2, 0) is 14.3 Å². The number of aliphatic carboxylic acids is 1. The summed E-state index contributed by atoms with van der Waals surface area (Å²) in [6.45, 7) is 3.92. The summed E-state index contributed by atoms with van der Waals surface area (Å²) in [5.41, 5.74) is 5.62. The molecular formula is C8H15NO4. The number of hydrogen-bond acceptors (Lipinski definition) is 4. The van der Waals surface area contributed by atoms with Gasteiger partial charge in [0.25, 0.3) is 0 Å². The molecule has 0 aromatic rings. The molecular weight excluding hydrogens is 174 g/mol. The van der Waals surface area contributed by atoms with Gasteiger partial charge < -0.3 is 20.3 Å². The van der Waals surface area contributed by atoms with Crippen molar-refractivity contribution in [3.63, 3.8) is 0 Å². The molecule has 2 atom stereocenters. The van der Waals surface area contributed by atoms with Crippen LogP contribution >= 0.6 is 0 Å². The molecule has 0 bridgehead atoms. The maximum Gasteiger partial charge on any atom is 0.305 e. The van der Waals surface area contributed by atoms with Crippen LogP contribution in [0.4, 0.5) is 0 Å². The Morgan fingerprint density at radius 2 is 2.38 bits per heavy atom. The molecule has 0 aromatic heterocycles. The number of ether oxygens (including phenoxy) is 2. The fourth-order valence-corrected chi connectivity index (χ4v) is 1.26. The van der Waals surface area contributed by atoms with Crippen LogP contribution in [0.1, 0.15) is 20.3 Å². The molecule has 0 aliphatic carbocycles. The van der Waals surface area contributed by atoms with Gasteiger partial charge in [0.2, 0.25) is 0 Å². The summed E-state index contributed by atoms with van der Waals surface area (Å²) in [5, 5.41) is 8.50. The Kier molecular flexibility index (Phi) is 2.90. The third kappa shape index (κ3) is 2.95. The molecule has 1 fully saturated rings. The van der Waals surface area contributed by atoms with E-state index in [9.17, 15) is 4.79 Å². The fraction of sp³-hybridized carbons (Fsp3) is 0.875. The van der Waals surface area contributed by atoms with Gasteiger partial charge in [-0.15, -0.1) is 0 Å². The lowest BCUT2D eigenvalue weighted by molar-refractivity contribution is -0.146. The first-order chi connectivity index (χ1) is 5.91. The minimum atomic E-state index is -0.916. The summed E-state index contributed by atoms with van der Waals surface area (Å²) in [7, 11) is 0. The van der Waals surface area contributed by atoms with Crippen LogP contribution in [0.3, 0.4) is 0 Å². The molecule has 0 aromatic carbocycles. The molecule has 0 saturated carbocycles. The maximum absolute atomic E-state index is 10.4. The molecule has 0 unspecified atom stereocenters. The van der Waals surface area contributed by atoms with Gasteiger partial charge in [0.15, 0.2) is 5.79 Å². The molecule has 13 heavy (non-hydrogen) atoms. The van der Waals surface area contributed by atoms with Gasteiger partial charge in [-0.25, -0.2) is 0 Å². The summed E-state index contributed by atoms with van der Waals surface area (Å²) >= 11 is 0. The van der Waals surface area contributed by atoms with Gasteiger partial charge in [-0.2, -0.15) is 0 Å². The molecule has 1 aliphatic heterocycles. The van der Waals surface area contributed by atoms with Crippen molar-refractivity contribution in [1.82, 2.24) is 0 Å². The second-order valence-corrected chi connectivity index (χ2v) is 3.63. The van der Waals surface area contributed by atoms with Crippen molar-refractivity contribution in [1.29, 1.82) is 0 Å². The van der Waals surface area contributed by atoms with E-state index in [-0.39, 0.29) is 12.5 Å². The van der Waals surface area contributed by atoms with Gasteiger partial charge in [0, 0.05) is 6.04 Å². The van der Waals surface area contributed by atoms with E-state index in [1.807, 2.05) is 0 Å². The van der Waals surface area contributed by atoms with Gasteiger partial charge in [-0.1, -0.05) is 0 Å². The van der Waals surface area contributed by atoms with Crippen LogP contribution in [0.2, 0.25) is 0 Å². The van der Waals surface area contributed by atoms with Crippen molar-refractivity contribution in [2.45, 2.75) is 38.2 Å². The molecule has 5 heteroatoms. The smallest absolute Gasteiger partial charge is 0.305 e. The van der Waals surface area contributed by atoms with Gasteiger partial charge in [-0.05, 0) is 13.8 Å². The van der Waals surface area contributed by atoms with Gasteiger partial charge in [0.05, 0.1) is 19.1 Å². The van der Waals surface area contributed by atoms with Gasteiger partial charge >= 0.3 is 5.97 Å². The average Bonchev–Trinajstić information content (AvgIpc) is 2.28. The number of carbonyl (C=O) groups is 1. The average molecular weight is 189 g/mol. The van der Waals surface area contributed by atoms with E-state index in [1.54, 1.807) is 13.8 Å². The molecule has 0 amide bonds. The molecule has 1 heterocycles. The van der Waals surface area contributed by atoms with Crippen LogP contribution in [0.25, 0.3) is 0 Å². The van der Waals surface area contributed by atoms with Gasteiger partial charge in [-0.3, -0.25) is 4.79 Å². The van der Waals surface area contributed by atoms with Crippen molar-refractivity contribution in [3.8, 4) is 0 Å². The van der Waals surface area contributed by atoms with Crippen LogP contribution in [0.5, 0.6) is 0 Å². The van der Waals surface area contributed by atoms with Crippen LogP contribution in [-0.4, -0.2) is 35.6 Å². The Morgan fingerprint density at radius 1 is 1.77 bits per heavy atom. The lowest BCUT2D eigenvalue weighted by atomic mass is 10.1. The molecule has 1 rings (SSSR count). The third-order valence-corrected chi connectivity index (χ3v) is 1.92. The Bertz CT molecular complexity index is 204. The molecule has 1 aliphatic rings. The molecule has 1 saturated heterocycles. The number of hydrogen-bond donors (Lipinski definition) is 2. The van der Waals surface area contributed by atoms with E-state index < -0.39 is 17.8 Å². The quantitative estimate of drug-likeness (QED) is 0.650. The first-order valence-corrected chi connectivity index (χ1v) is 4.20. The van der Waals surface area contributed by atoms with E-state index in [0.29, 0.717) is 6.61 Å². The normalized spacial score (nSPS) is 28.7. The highest BCUT2D eigenvalue weighted by Crippen LogP contribution is 2.24. The molecule has 3 N–H and O–H groups in total. The van der Waals surface area contributed by atoms with Crippen molar-refractivity contribution >= 4 is 5.97 Å². The highest BCUT2D eigenvalue weighted by Gasteiger charge is 2.36. The summed E-state index contributed by atoms with van der Waals surface area (Å²) in [4.78, 5) is 10.4. The molecule has 0 spiro atoms. The zero-order valence-corrected chi connectivity index (χ0v) is 7.82. The van der Waals surface area contributed by atoms with E-state index in [0.717, 1.165) is 0 Å². The Balaban J connectivity index is 2.42. The van der Waals surface area contributed by atoms with Crippen molar-refractivity contribution in [3.05, 3.63) is 0 Å². The van der Waals surface area contributed by atoms with Crippen molar-refractivity contribution < 1.29 is 19.4 Å². The monoisotopic (exact) mass is 189 g/mol.